The van der Waals surface area contributed by atoms with E-state index in [9.17, 15) is 4.79 Å². The summed E-state index contributed by atoms with van der Waals surface area (Å²) >= 11 is 0. The molecule has 7 heteroatoms. The molecule has 2 rings (SSSR count). The summed E-state index contributed by atoms with van der Waals surface area (Å²) in [7, 11) is 0. The topological polar surface area (TPSA) is 80.0 Å². The molecule has 1 heterocycles. The van der Waals surface area contributed by atoms with E-state index in [1.165, 1.54) is 0 Å². The van der Waals surface area contributed by atoms with Crippen molar-refractivity contribution in [2.24, 2.45) is 10.7 Å². The molecular weight excluding hydrogens is 407 g/mol. The molecule has 1 aromatic rings. The maximum atomic E-state index is 11.5. The number of benzene rings is 1. The first kappa shape index (κ1) is 19.7. The fourth-order valence-corrected chi connectivity index (χ4v) is 2.21. The lowest BCUT2D eigenvalue weighted by atomic mass is 10.2. The van der Waals surface area contributed by atoms with Gasteiger partial charge in [0, 0.05) is 25.2 Å². The van der Waals surface area contributed by atoms with Crippen LogP contribution in [0, 0.1) is 0 Å². The van der Waals surface area contributed by atoms with Crippen LogP contribution >= 0.6 is 24.0 Å². The number of amides is 1. The third-order valence-corrected chi connectivity index (χ3v) is 3.47. The van der Waals surface area contributed by atoms with Gasteiger partial charge in [-0.1, -0.05) is 19.1 Å². The quantitative estimate of drug-likeness (QED) is 0.425. The first-order valence-electron chi connectivity index (χ1n) is 7.70. The van der Waals surface area contributed by atoms with E-state index in [2.05, 4.69) is 10.3 Å². The lowest BCUT2D eigenvalue weighted by Crippen LogP contribution is -2.44. The highest BCUT2D eigenvalue weighted by molar-refractivity contribution is 14.0. The van der Waals surface area contributed by atoms with Crippen molar-refractivity contribution in [3.05, 3.63) is 29.8 Å². The summed E-state index contributed by atoms with van der Waals surface area (Å²) in [5.41, 5.74) is 7.86. The van der Waals surface area contributed by atoms with Gasteiger partial charge in [0.1, 0.15) is 0 Å². The predicted molar refractivity (Wildman–Crippen MR) is 103 cm³/mol. The normalized spacial score (nSPS) is 15.0. The van der Waals surface area contributed by atoms with Crippen LogP contribution in [0.4, 0.5) is 5.69 Å². The van der Waals surface area contributed by atoms with E-state index in [0.29, 0.717) is 32.1 Å². The molecule has 23 heavy (non-hydrogen) atoms. The monoisotopic (exact) mass is 432 g/mol. The SMILES string of the molecule is CCCC(=O)Nc1ccc(CN=C(N)N2CCOCC2)cc1.I. The van der Waals surface area contributed by atoms with Gasteiger partial charge in [0.15, 0.2) is 5.96 Å². The molecule has 0 atom stereocenters. The molecule has 0 unspecified atom stereocenters. The fraction of sp³-hybridized carbons (Fsp3) is 0.500. The Kier molecular flexibility index (Phi) is 8.93. The molecule has 1 saturated heterocycles. The van der Waals surface area contributed by atoms with E-state index >= 15 is 0 Å². The molecule has 0 spiro atoms. The van der Waals surface area contributed by atoms with Gasteiger partial charge in [-0.3, -0.25) is 4.79 Å². The molecule has 1 aliphatic rings. The van der Waals surface area contributed by atoms with Crippen molar-refractivity contribution < 1.29 is 9.53 Å². The van der Waals surface area contributed by atoms with Crippen molar-refractivity contribution >= 4 is 41.5 Å². The predicted octanol–water partition coefficient (Wildman–Crippen LogP) is 2.19. The second-order valence-electron chi connectivity index (χ2n) is 5.27. The number of nitrogens with zero attached hydrogens (tertiary/aromatic N) is 2. The Morgan fingerprint density at radius 2 is 1.96 bits per heavy atom. The number of hydrogen-bond acceptors (Lipinski definition) is 3. The Morgan fingerprint density at radius 3 is 2.57 bits per heavy atom. The van der Waals surface area contributed by atoms with Gasteiger partial charge in [-0.25, -0.2) is 4.99 Å². The molecule has 3 N–H and O–H groups in total. The summed E-state index contributed by atoms with van der Waals surface area (Å²) in [5.74, 6) is 0.605. The molecule has 1 amide bonds. The summed E-state index contributed by atoms with van der Waals surface area (Å²) in [6.45, 7) is 5.49. The molecule has 0 radical (unpaired) electrons. The first-order chi connectivity index (χ1) is 10.7. The van der Waals surface area contributed by atoms with E-state index in [4.69, 9.17) is 10.5 Å². The average Bonchev–Trinajstić information content (AvgIpc) is 2.55. The van der Waals surface area contributed by atoms with E-state index in [1.54, 1.807) is 0 Å². The van der Waals surface area contributed by atoms with Gasteiger partial charge < -0.3 is 20.7 Å². The largest absolute Gasteiger partial charge is 0.378 e. The Labute approximate surface area is 154 Å². The van der Waals surface area contributed by atoms with Gasteiger partial charge in [-0.15, -0.1) is 24.0 Å². The number of morpholine rings is 1. The number of nitrogens with one attached hydrogen (secondary N) is 1. The summed E-state index contributed by atoms with van der Waals surface area (Å²) in [4.78, 5) is 18.0. The molecule has 1 aliphatic heterocycles. The fourth-order valence-electron chi connectivity index (χ4n) is 2.21. The van der Waals surface area contributed by atoms with E-state index in [1.807, 2.05) is 36.1 Å². The van der Waals surface area contributed by atoms with Crippen LogP contribution in [-0.2, 0) is 16.1 Å². The smallest absolute Gasteiger partial charge is 0.224 e. The minimum absolute atomic E-state index is 0. The summed E-state index contributed by atoms with van der Waals surface area (Å²) < 4.78 is 5.29. The molecule has 0 saturated carbocycles. The second kappa shape index (κ2) is 10.4. The van der Waals surface area contributed by atoms with Crippen LogP contribution in [0.15, 0.2) is 29.3 Å². The second-order valence-corrected chi connectivity index (χ2v) is 5.27. The molecule has 6 nitrogen and oxygen atoms in total. The summed E-state index contributed by atoms with van der Waals surface area (Å²) in [5, 5.41) is 2.87. The van der Waals surface area contributed by atoms with E-state index in [-0.39, 0.29) is 29.9 Å². The number of carbonyl (C=O) groups is 1. The summed E-state index contributed by atoms with van der Waals surface area (Å²) in [6.07, 6.45) is 1.39. The number of carbonyl (C=O) groups excluding carboxylic acids is 1. The van der Waals surface area contributed by atoms with E-state index in [0.717, 1.165) is 30.8 Å². The lowest BCUT2D eigenvalue weighted by molar-refractivity contribution is -0.116. The van der Waals surface area contributed by atoms with Crippen LogP contribution in [0.25, 0.3) is 0 Å². The van der Waals surface area contributed by atoms with Crippen molar-refractivity contribution in [1.82, 2.24) is 4.90 Å². The zero-order valence-electron chi connectivity index (χ0n) is 13.5. The first-order valence-corrected chi connectivity index (χ1v) is 7.70. The van der Waals surface area contributed by atoms with Crippen LogP contribution in [0.2, 0.25) is 0 Å². The third-order valence-electron chi connectivity index (χ3n) is 3.47. The van der Waals surface area contributed by atoms with Gasteiger partial charge in [0.25, 0.3) is 0 Å². The van der Waals surface area contributed by atoms with E-state index < -0.39 is 0 Å². The van der Waals surface area contributed by atoms with Gasteiger partial charge >= 0.3 is 0 Å². The van der Waals surface area contributed by atoms with Crippen LogP contribution in [-0.4, -0.2) is 43.1 Å². The molecule has 0 aliphatic carbocycles. The van der Waals surface area contributed by atoms with Crippen molar-refractivity contribution in [2.75, 3.05) is 31.6 Å². The summed E-state index contributed by atoms with van der Waals surface area (Å²) in [6, 6.07) is 7.70. The Bertz CT molecular complexity index is 513. The standard InChI is InChI=1S/C16H24N4O2.HI/c1-2-3-15(21)19-14-6-4-13(5-7-14)12-18-16(17)20-8-10-22-11-9-20;/h4-7H,2-3,8-12H2,1H3,(H2,17,18)(H,19,21);1H. The minimum Gasteiger partial charge on any atom is -0.378 e. The highest BCUT2D eigenvalue weighted by Gasteiger charge is 2.11. The lowest BCUT2D eigenvalue weighted by Gasteiger charge is -2.27. The number of anilines is 1. The van der Waals surface area contributed by atoms with Crippen molar-refractivity contribution in [3.63, 3.8) is 0 Å². The molecule has 128 valence electrons. The third kappa shape index (κ3) is 6.74. The molecule has 0 aromatic heterocycles. The molecule has 1 fully saturated rings. The Balaban J connectivity index is 0.00000264. The number of aliphatic imine (C=N–C) groups is 1. The van der Waals surface area contributed by atoms with Gasteiger partial charge in [0.05, 0.1) is 19.8 Å². The number of halogens is 1. The zero-order chi connectivity index (χ0) is 15.8. The zero-order valence-corrected chi connectivity index (χ0v) is 15.8. The van der Waals surface area contributed by atoms with Gasteiger partial charge in [0.2, 0.25) is 5.91 Å². The van der Waals surface area contributed by atoms with Crippen LogP contribution in [0.3, 0.4) is 0 Å². The van der Waals surface area contributed by atoms with Crippen LogP contribution in [0.1, 0.15) is 25.3 Å². The number of rotatable bonds is 5. The number of ether oxygens (including phenoxy) is 1. The van der Waals surface area contributed by atoms with Crippen molar-refractivity contribution in [1.29, 1.82) is 0 Å². The molecule has 1 aromatic carbocycles. The Hall–Kier alpha value is -1.35. The van der Waals surface area contributed by atoms with Gasteiger partial charge in [-0.05, 0) is 24.1 Å². The van der Waals surface area contributed by atoms with Gasteiger partial charge in [-0.2, -0.15) is 0 Å². The molecular formula is C16H25IN4O2. The van der Waals surface area contributed by atoms with Crippen molar-refractivity contribution in [3.8, 4) is 0 Å². The Morgan fingerprint density at radius 1 is 1.30 bits per heavy atom. The van der Waals surface area contributed by atoms with Crippen molar-refractivity contribution in [2.45, 2.75) is 26.3 Å². The molecule has 0 bridgehead atoms. The minimum atomic E-state index is 0. The number of nitrogens with two attached hydrogens (primary N) is 1. The maximum absolute atomic E-state index is 11.5. The van der Waals surface area contributed by atoms with Crippen LogP contribution < -0.4 is 11.1 Å². The number of hydrogen-bond donors (Lipinski definition) is 2. The highest BCUT2D eigenvalue weighted by atomic mass is 127. The van der Waals surface area contributed by atoms with Crippen LogP contribution in [0.5, 0.6) is 0 Å². The maximum Gasteiger partial charge on any atom is 0.224 e. The number of guanidine groups is 1. The average molecular weight is 432 g/mol. The highest BCUT2D eigenvalue weighted by Crippen LogP contribution is 2.11.